The number of carbonyl (C=O) groups excluding carboxylic acids is 2. The second kappa shape index (κ2) is 12.0. The Labute approximate surface area is 191 Å². The van der Waals surface area contributed by atoms with Crippen LogP contribution >= 0.6 is 7.44 Å². The Balaban J connectivity index is 2.01. The van der Waals surface area contributed by atoms with E-state index in [1.165, 1.54) is 20.2 Å². The quantitative estimate of drug-likeness (QED) is 0.168. The van der Waals surface area contributed by atoms with Gasteiger partial charge < -0.3 is 19.8 Å². The number of unbranched alkanes of at least 4 members (excludes halogenated alkanes) is 1. The third kappa shape index (κ3) is 7.74. The zero-order valence-corrected chi connectivity index (χ0v) is 20.2. The van der Waals surface area contributed by atoms with Crippen molar-refractivity contribution in [2.45, 2.75) is 59.2 Å². The number of nitrogens with two attached hydrogens (primary N) is 1. The summed E-state index contributed by atoms with van der Waals surface area (Å²) in [7, 11) is -3.51. The number of esters is 1. The van der Waals surface area contributed by atoms with Gasteiger partial charge in [0.05, 0.1) is 25.6 Å². The summed E-state index contributed by atoms with van der Waals surface area (Å²) in [4.78, 5) is 46.2. The lowest BCUT2D eigenvalue weighted by molar-refractivity contribution is -0.145. The molecule has 0 radical (unpaired) electrons. The normalized spacial score (nSPS) is 15.2. The number of hydrogen-bond acceptors (Lipinski definition) is 9. The third-order valence-electron chi connectivity index (χ3n) is 4.75. The number of nitrogen functional groups attached to an aromatic ring is 1. The van der Waals surface area contributed by atoms with E-state index in [-0.39, 0.29) is 43.4 Å². The number of H-pyrrole nitrogens is 1. The minimum absolute atomic E-state index is 0.0360. The maximum Gasteiger partial charge on any atom is 0.323 e. The molecule has 0 aliphatic rings. The van der Waals surface area contributed by atoms with Crippen molar-refractivity contribution in [3.05, 3.63) is 16.7 Å². The molecule has 2 aromatic heterocycles. The summed E-state index contributed by atoms with van der Waals surface area (Å²) in [6.45, 7) is 7.08. The Morgan fingerprint density at radius 2 is 1.97 bits per heavy atom. The lowest BCUT2D eigenvalue weighted by Gasteiger charge is -2.26. The van der Waals surface area contributed by atoms with Crippen LogP contribution in [0.4, 0.5) is 5.95 Å². The summed E-state index contributed by atoms with van der Waals surface area (Å²) in [5.41, 5.74) is 5.58. The number of nitrogens with zero attached hydrogens (tertiary/aromatic N) is 3. The molecule has 184 valence electrons. The van der Waals surface area contributed by atoms with Gasteiger partial charge in [-0.15, -0.1) is 0 Å². The molecule has 0 fully saturated rings. The molecule has 0 aliphatic heterocycles. The van der Waals surface area contributed by atoms with E-state index < -0.39 is 31.1 Å². The molecule has 33 heavy (non-hydrogen) atoms. The molecule has 0 bridgehead atoms. The van der Waals surface area contributed by atoms with E-state index in [0.29, 0.717) is 5.65 Å². The average Bonchev–Trinajstić information content (AvgIpc) is 3.14. The standard InChI is InChI=1S/C19H32N7O6P/c1-5-6-8-32-18(29)13(3)25-33(30,24-12(2)14(4)27)11-31-9-7-26-10-21-15-16(26)22-19(20)23-17(15)28/h10,12-13H,5-9,11H2,1-4H3,(H2,24,25,30)(H3,20,22,23,28)/t12-,13-,33?/m1/s1. The fraction of sp³-hybridized carbons (Fsp3) is 0.632. The first-order valence-electron chi connectivity index (χ1n) is 10.7. The van der Waals surface area contributed by atoms with Crippen LogP contribution < -0.4 is 21.5 Å². The van der Waals surface area contributed by atoms with Gasteiger partial charge in [0.2, 0.25) is 13.4 Å². The number of nitrogens with one attached hydrogen (secondary N) is 3. The highest BCUT2D eigenvalue weighted by atomic mass is 31.2. The fourth-order valence-electron chi connectivity index (χ4n) is 2.81. The second-order valence-corrected chi connectivity index (χ2v) is 9.93. The maximum atomic E-state index is 13.4. The summed E-state index contributed by atoms with van der Waals surface area (Å²) in [6.07, 6.45) is 2.74. The van der Waals surface area contributed by atoms with Gasteiger partial charge in [-0.2, -0.15) is 4.98 Å². The van der Waals surface area contributed by atoms with Crippen molar-refractivity contribution in [1.82, 2.24) is 29.7 Å². The molecule has 2 rings (SSSR count). The highest BCUT2D eigenvalue weighted by molar-refractivity contribution is 7.59. The average molecular weight is 485 g/mol. The highest BCUT2D eigenvalue weighted by Gasteiger charge is 2.30. The van der Waals surface area contributed by atoms with Gasteiger partial charge in [-0.1, -0.05) is 13.3 Å². The zero-order chi connectivity index (χ0) is 24.6. The molecule has 5 N–H and O–H groups in total. The molecule has 0 saturated heterocycles. The van der Waals surface area contributed by atoms with Crippen LogP contribution in [-0.2, 0) is 30.2 Å². The number of anilines is 1. The lowest BCUT2D eigenvalue weighted by atomic mass is 10.3. The van der Waals surface area contributed by atoms with Crippen LogP contribution in [0, 0.1) is 0 Å². The van der Waals surface area contributed by atoms with E-state index >= 15 is 0 Å². The number of ether oxygens (including phenoxy) is 2. The Morgan fingerprint density at radius 3 is 2.64 bits per heavy atom. The number of ketones is 1. The minimum Gasteiger partial charge on any atom is -0.465 e. The predicted octanol–water partition coefficient (Wildman–Crippen LogP) is 0.758. The monoisotopic (exact) mass is 485 g/mol. The molecule has 3 atom stereocenters. The third-order valence-corrected chi connectivity index (χ3v) is 6.91. The van der Waals surface area contributed by atoms with Gasteiger partial charge in [-0.05, 0) is 27.2 Å². The summed E-state index contributed by atoms with van der Waals surface area (Å²) < 4.78 is 25.8. The number of Topliss-reactive ketones (excluding diaryl/α,β-unsaturated/α-hetero) is 1. The van der Waals surface area contributed by atoms with E-state index in [1.54, 1.807) is 11.5 Å². The molecule has 13 nitrogen and oxygen atoms in total. The zero-order valence-electron chi connectivity index (χ0n) is 19.3. The SMILES string of the molecule is CCCCOC(=O)[C@@H](C)NP(=O)(COCCn1cnc2c(=O)[nH]c(N)nc21)N[C@H](C)C(C)=O. The number of imidazole rings is 1. The van der Waals surface area contributed by atoms with Gasteiger partial charge in [0.25, 0.3) is 5.56 Å². The summed E-state index contributed by atoms with van der Waals surface area (Å²) >= 11 is 0. The predicted molar refractivity (Wildman–Crippen MR) is 123 cm³/mol. The van der Waals surface area contributed by atoms with E-state index in [4.69, 9.17) is 15.2 Å². The molecule has 0 aromatic carbocycles. The van der Waals surface area contributed by atoms with Crippen LogP contribution in [0.2, 0.25) is 0 Å². The van der Waals surface area contributed by atoms with Gasteiger partial charge in [-0.3, -0.25) is 23.9 Å². The van der Waals surface area contributed by atoms with Crippen molar-refractivity contribution in [1.29, 1.82) is 0 Å². The van der Waals surface area contributed by atoms with Crippen LogP contribution in [0.3, 0.4) is 0 Å². The van der Waals surface area contributed by atoms with Crippen LogP contribution in [0.1, 0.15) is 40.5 Å². The first kappa shape index (κ1) is 26.7. The van der Waals surface area contributed by atoms with Gasteiger partial charge in [0.15, 0.2) is 11.2 Å². The van der Waals surface area contributed by atoms with Gasteiger partial charge in [0, 0.05) is 6.54 Å². The Hall–Kier alpha value is -2.60. The van der Waals surface area contributed by atoms with E-state index in [9.17, 15) is 18.9 Å². The topological polar surface area (TPSA) is 183 Å². The first-order valence-corrected chi connectivity index (χ1v) is 12.6. The smallest absolute Gasteiger partial charge is 0.323 e. The number of aromatic nitrogens is 4. The molecule has 2 heterocycles. The molecule has 2 aromatic rings. The van der Waals surface area contributed by atoms with Gasteiger partial charge in [0.1, 0.15) is 18.2 Å². The Morgan fingerprint density at radius 1 is 1.27 bits per heavy atom. The van der Waals surface area contributed by atoms with Crippen molar-refractivity contribution in [2.24, 2.45) is 0 Å². The largest absolute Gasteiger partial charge is 0.465 e. The van der Waals surface area contributed by atoms with Crippen molar-refractivity contribution >= 4 is 36.3 Å². The van der Waals surface area contributed by atoms with Gasteiger partial charge in [-0.25, -0.2) is 15.2 Å². The van der Waals surface area contributed by atoms with Gasteiger partial charge >= 0.3 is 5.97 Å². The van der Waals surface area contributed by atoms with Crippen LogP contribution in [0.15, 0.2) is 11.1 Å². The number of rotatable bonds is 14. The van der Waals surface area contributed by atoms with Crippen molar-refractivity contribution in [3.8, 4) is 0 Å². The summed E-state index contributed by atoms with van der Waals surface area (Å²) in [5, 5.41) is 5.50. The first-order chi connectivity index (χ1) is 15.6. The molecule has 0 amide bonds. The fourth-order valence-corrected chi connectivity index (χ4v) is 4.96. The van der Waals surface area contributed by atoms with Crippen LogP contribution in [-0.4, -0.2) is 62.9 Å². The van der Waals surface area contributed by atoms with Crippen molar-refractivity contribution in [2.75, 3.05) is 25.3 Å². The number of hydrogen-bond donors (Lipinski definition) is 4. The summed E-state index contributed by atoms with van der Waals surface area (Å²) in [5.74, 6) is -0.792. The van der Waals surface area contributed by atoms with Crippen LogP contribution in [0.5, 0.6) is 0 Å². The number of fused-ring (bicyclic) bond motifs is 1. The molecule has 14 heteroatoms. The molecular formula is C19H32N7O6P. The second-order valence-electron chi connectivity index (χ2n) is 7.67. The molecular weight excluding hydrogens is 453 g/mol. The highest BCUT2D eigenvalue weighted by Crippen LogP contribution is 2.37. The minimum atomic E-state index is -3.51. The summed E-state index contributed by atoms with van der Waals surface area (Å²) in [6, 6.07) is -1.59. The van der Waals surface area contributed by atoms with Crippen LogP contribution in [0.25, 0.3) is 11.2 Å². The number of aromatic amines is 1. The van der Waals surface area contributed by atoms with Crippen molar-refractivity contribution < 1.29 is 23.6 Å². The molecule has 0 saturated carbocycles. The molecule has 1 unspecified atom stereocenters. The number of carbonyl (C=O) groups is 2. The van der Waals surface area contributed by atoms with E-state index in [1.807, 2.05) is 6.92 Å². The molecule has 0 aliphatic carbocycles. The van der Waals surface area contributed by atoms with E-state index in [2.05, 4.69) is 25.1 Å². The van der Waals surface area contributed by atoms with E-state index in [0.717, 1.165) is 12.8 Å². The Kier molecular flexibility index (Phi) is 9.71. The lowest BCUT2D eigenvalue weighted by Crippen LogP contribution is -2.42. The maximum absolute atomic E-state index is 13.4. The Bertz CT molecular complexity index is 1070. The van der Waals surface area contributed by atoms with Crippen molar-refractivity contribution in [3.63, 3.8) is 0 Å². The molecule has 0 spiro atoms.